The normalized spacial score (nSPS) is 17.4. The number of hydrogen-bond acceptors (Lipinski definition) is 2. The molecule has 1 aliphatic heterocycles. The largest absolute Gasteiger partial charge is 0.323 e. The quantitative estimate of drug-likeness (QED) is 0.608. The van der Waals surface area contributed by atoms with Crippen molar-refractivity contribution >= 4 is 46.7 Å². The van der Waals surface area contributed by atoms with Gasteiger partial charge in [-0.2, -0.15) is 0 Å². The second kappa shape index (κ2) is 7.71. The highest BCUT2D eigenvalue weighted by Gasteiger charge is 2.31. The van der Waals surface area contributed by atoms with Crippen molar-refractivity contribution in [1.29, 1.82) is 0 Å². The molecule has 0 aliphatic carbocycles. The van der Waals surface area contributed by atoms with E-state index in [1.54, 1.807) is 30.0 Å². The van der Waals surface area contributed by atoms with Crippen LogP contribution in [0.25, 0.3) is 0 Å². The van der Waals surface area contributed by atoms with Crippen molar-refractivity contribution < 1.29 is 4.79 Å². The van der Waals surface area contributed by atoms with Gasteiger partial charge in [0.1, 0.15) is 5.37 Å². The average molecular weight is 409 g/mol. The molecule has 2 amide bonds. The van der Waals surface area contributed by atoms with Gasteiger partial charge in [0.2, 0.25) is 0 Å². The lowest BCUT2D eigenvalue weighted by molar-refractivity contribution is 0.214. The maximum absolute atomic E-state index is 12.8. The Morgan fingerprint density at radius 3 is 2.46 bits per heavy atom. The molecule has 2 aromatic rings. The first-order valence-corrected chi connectivity index (χ1v) is 10.3. The molecule has 1 N–H and O–H groups in total. The molecule has 0 unspecified atom stereocenters. The van der Waals surface area contributed by atoms with E-state index in [2.05, 4.69) is 50.4 Å². The van der Waals surface area contributed by atoms with Crippen LogP contribution >= 0.6 is 35.0 Å². The smallest absolute Gasteiger partial charge is 0.308 e. The van der Waals surface area contributed by atoms with E-state index < -0.39 is 0 Å². The zero-order valence-corrected chi connectivity index (χ0v) is 17.4. The summed E-state index contributed by atoms with van der Waals surface area (Å²) in [7, 11) is 0. The average Bonchev–Trinajstić information content (AvgIpc) is 3.06. The zero-order valence-electron chi connectivity index (χ0n) is 15.1. The highest BCUT2D eigenvalue weighted by molar-refractivity contribution is 7.99. The Morgan fingerprint density at radius 1 is 1.15 bits per heavy atom. The Kier molecular flexibility index (Phi) is 5.75. The van der Waals surface area contributed by atoms with Gasteiger partial charge in [-0.1, -0.05) is 68.2 Å². The van der Waals surface area contributed by atoms with E-state index >= 15 is 0 Å². The second-order valence-corrected chi connectivity index (χ2v) is 9.37. The molecule has 1 fully saturated rings. The molecule has 1 heterocycles. The second-order valence-electron chi connectivity index (χ2n) is 7.34. The summed E-state index contributed by atoms with van der Waals surface area (Å²) < 4.78 is 0. The monoisotopic (exact) mass is 408 g/mol. The molecule has 2 aromatic carbocycles. The summed E-state index contributed by atoms with van der Waals surface area (Å²) in [6.07, 6.45) is 0. The SMILES string of the molecule is CC(C)(C)c1ccc([C@H]2SCCN2C(=O)Nc2ccc(Cl)cc2Cl)cc1. The van der Waals surface area contributed by atoms with Crippen LogP contribution in [0.3, 0.4) is 0 Å². The van der Waals surface area contributed by atoms with E-state index in [0.717, 1.165) is 11.3 Å². The summed E-state index contributed by atoms with van der Waals surface area (Å²) in [4.78, 5) is 14.6. The first-order valence-electron chi connectivity index (χ1n) is 8.50. The predicted octanol–water partition coefficient (Wildman–Crippen LogP) is 6.57. The number of urea groups is 1. The molecule has 0 aromatic heterocycles. The molecule has 0 bridgehead atoms. The van der Waals surface area contributed by atoms with Crippen LogP contribution in [0.5, 0.6) is 0 Å². The standard InChI is InChI=1S/C20H22Cl2N2OS/c1-20(2,3)14-6-4-13(5-7-14)18-24(10-11-26-18)19(25)23-17-9-8-15(21)12-16(17)22/h4-9,12,18H,10-11H2,1-3H3,(H,23,25)/t18-/m1/s1. The fourth-order valence-corrected chi connectivity index (χ4v) is 4.59. The van der Waals surface area contributed by atoms with E-state index in [4.69, 9.17) is 23.2 Å². The number of nitrogens with zero attached hydrogens (tertiary/aromatic N) is 1. The third kappa shape index (κ3) is 4.30. The maximum Gasteiger partial charge on any atom is 0.323 e. The highest BCUT2D eigenvalue weighted by Crippen LogP contribution is 2.39. The summed E-state index contributed by atoms with van der Waals surface area (Å²) in [5.74, 6) is 0.910. The molecule has 0 saturated carbocycles. The van der Waals surface area contributed by atoms with Gasteiger partial charge in [0.25, 0.3) is 0 Å². The van der Waals surface area contributed by atoms with Gasteiger partial charge >= 0.3 is 6.03 Å². The highest BCUT2D eigenvalue weighted by atomic mass is 35.5. The Morgan fingerprint density at radius 2 is 1.85 bits per heavy atom. The fourth-order valence-electron chi connectivity index (χ4n) is 2.88. The number of rotatable bonds is 2. The van der Waals surface area contributed by atoms with Crippen LogP contribution in [0.1, 0.15) is 37.3 Å². The number of carbonyl (C=O) groups excluding carboxylic acids is 1. The number of hydrogen-bond donors (Lipinski definition) is 1. The van der Waals surface area contributed by atoms with Crippen LogP contribution in [0.4, 0.5) is 10.5 Å². The molecule has 26 heavy (non-hydrogen) atoms. The summed E-state index contributed by atoms with van der Waals surface area (Å²) in [5.41, 5.74) is 3.11. The van der Waals surface area contributed by atoms with Gasteiger partial charge in [-0.3, -0.25) is 0 Å². The number of carbonyl (C=O) groups is 1. The van der Waals surface area contributed by atoms with E-state index in [1.165, 1.54) is 5.56 Å². The van der Waals surface area contributed by atoms with Gasteiger partial charge in [0, 0.05) is 17.3 Å². The van der Waals surface area contributed by atoms with Crippen molar-refractivity contribution in [3.05, 3.63) is 63.6 Å². The molecule has 0 radical (unpaired) electrons. The number of nitrogens with one attached hydrogen (secondary N) is 1. The van der Waals surface area contributed by atoms with Crippen LogP contribution in [0.15, 0.2) is 42.5 Å². The lowest BCUT2D eigenvalue weighted by Crippen LogP contribution is -2.34. The lowest BCUT2D eigenvalue weighted by Gasteiger charge is -2.26. The zero-order chi connectivity index (χ0) is 18.9. The Bertz CT molecular complexity index is 802. The molecule has 6 heteroatoms. The lowest BCUT2D eigenvalue weighted by atomic mass is 9.87. The predicted molar refractivity (Wildman–Crippen MR) is 113 cm³/mol. The molecule has 1 saturated heterocycles. The number of amides is 2. The van der Waals surface area contributed by atoms with E-state index in [0.29, 0.717) is 22.3 Å². The van der Waals surface area contributed by atoms with Crippen LogP contribution in [0.2, 0.25) is 10.0 Å². The Balaban J connectivity index is 1.76. The number of anilines is 1. The molecule has 3 nitrogen and oxygen atoms in total. The molecular weight excluding hydrogens is 387 g/mol. The topological polar surface area (TPSA) is 32.3 Å². The first kappa shape index (κ1) is 19.4. The number of thioether (sulfide) groups is 1. The Labute approximate surface area is 169 Å². The van der Waals surface area contributed by atoms with Crippen molar-refractivity contribution in [3.8, 4) is 0 Å². The maximum atomic E-state index is 12.8. The van der Waals surface area contributed by atoms with E-state index in [9.17, 15) is 4.79 Å². The Hall–Kier alpha value is -1.36. The molecular formula is C20H22Cl2N2OS. The van der Waals surface area contributed by atoms with Crippen molar-refractivity contribution in [2.45, 2.75) is 31.6 Å². The summed E-state index contributed by atoms with van der Waals surface area (Å²) in [5, 5.41) is 3.88. The fraction of sp³-hybridized carbons (Fsp3) is 0.350. The van der Waals surface area contributed by atoms with Crippen LogP contribution in [-0.4, -0.2) is 23.2 Å². The van der Waals surface area contributed by atoms with Gasteiger partial charge in [-0.15, -0.1) is 11.8 Å². The van der Waals surface area contributed by atoms with Crippen LogP contribution < -0.4 is 5.32 Å². The van der Waals surface area contributed by atoms with E-state index in [1.807, 2.05) is 4.90 Å². The molecule has 1 aliphatic rings. The summed E-state index contributed by atoms with van der Waals surface area (Å²) in [6, 6.07) is 13.5. The minimum atomic E-state index is -0.149. The minimum Gasteiger partial charge on any atom is -0.308 e. The third-order valence-electron chi connectivity index (χ3n) is 4.39. The van der Waals surface area contributed by atoms with Crippen molar-refractivity contribution in [3.63, 3.8) is 0 Å². The van der Waals surface area contributed by atoms with Gasteiger partial charge in [-0.05, 0) is 34.7 Å². The molecule has 1 atom stereocenters. The first-order chi connectivity index (χ1) is 12.3. The van der Waals surface area contributed by atoms with Crippen LogP contribution in [0, 0.1) is 0 Å². The van der Waals surface area contributed by atoms with Gasteiger partial charge in [0.15, 0.2) is 0 Å². The van der Waals surface area contributed by atoms with Gasteiger partial charge in [-0.25, -0.2) is 4.79 Å². The molecule has 3 rings (SSSR count). The molecule has 138 valence electrons. The van der Waals surface area contributed by atoms with Gasteiger partial charge in [0.05, 0.1) is 10.7 Å². The minimum absolute atomic E-state index is 0.00935. The summed E-state index contributed by atoms with van der Waals surface area (Å²) >= 11 is 13.9. The van der Waals surface area contributed by atoms with E-state index in [-0.39, 0.29) is 16.8 Å². The summed E-state index contributed by atoms with van der Waals surface area (Å²) in [6.45, 7) is 7.29. The number of benzene rings is 2. The number of halogens is 2. The van der Waals surface area contributed by atoms with Crippen molar-refractivity contribution in [1.82, 2.24) is 4.90 Å². The molecule has 0 spiro atoms. The van der Waals surface area contributed by atoms with Crippen LogP contribution in [-0.2, 0) is 5.41 Å². The third-order valence-corrected chi connectivity index (χ3v) is 6.19. The van der Waals surface area contributed by atoms with Gasteiger partial charge < -0.3 is 10.2 Å². The van der Waals surface area contributed by atoms with Crippen molar-refractivity contribution in [2.24, 2.45) is 0 Å². The van der Waals surface area contributed by atoms with Crippen molar-refractivity contribution in [2.75, 3.05) is 17.6 Å².